The quantitative estimate of drug-likeness (QED) is 0.678. The molecule has 1 aliphatic heterocycles. The Labute approximate surface area is 89.0 Å². The van der Waals surface area contributed by atoms with E-state index in [1.165, 1.54) is 0 Å². The first kappa shape index (κ1) is 10.1. The van der Waals surface area contributed by atoms with Gasteiger partial charge in [-0.1, -0.05) is 30.3 Å². The zero-order valence-corrected chi connectivity index (χ0v) is 8.52. The number of hydrogen-bond acceptors (Lipinski definition) is 3. The number of nitrogens with zero attached hydrogens (tertiary/aromatic N) is 1. The van der Waals surface area contributed by atoms with Crippen molar-refractivity contribution in [3.8, 4) is 0 Å². The molecule has 1 fully saturated rings. The number of rotatable bonds is 3. The molecule has 1 amide bonds. The van der Waals surface area contributed by atoms with Gasteiger partial charge in [0, 0.05) is 13.1 Å². The van der Waals surface area contributed by atoms with E-state index in [9.17, 15) is 4.79 Å². The number of hydrazine groups is 1. The van der Waals surface area contributed by atoms with Gasteiger partial charge in [-0.25, -0.2) is 5.01 Å². The molecule has 0 atom stereocenters. The monoisotopic (exact) mass is 205 g/mol. The van der Waals surface area contributed by atoms with Crippen LogP contribution in [0.3, 0.4) is 0 Å². The van der Waals surface area contributed by atoms with Crippen molar-refractivity contribution in [3.63, 3.8) is 0 Å². The predicted octanol–water partition coefficient (Wildman–Crippen LogP) is -0.0968. The van der Waals surface area contributed by atoms with Crippen molar-refractivity contribution in [3.05, 3.63) is 35.9 Å². The van der Waals surface area contributed by atoms with Crippen LogP contribution in [-0.2, 0) is 11.2 Å². The minimum absolute atomic E-state index is 0.0688. The number of carbonyl (C=O) groups excluding carboxylic acids is 1. The Balaban J connectivity index is 1.78. The Morgan fingerprint density at radius 3 is 2.67 bits per heavy atom. The third-order valence-corrected chi connectivity index (χ3v) is 2.48. The summed E-state index contributed by atoms with van der Waals surface area (Å²) >= 11 is 0. The molecule has 4 nitrogen and oxygen atoms in total. The summed E-state index contributed by atoms with van der Waals surface area (Å²) in [4.78, 5) is 11.6. The van der Waals surface area contributed by atoms with Gasteiger partial charge < -0.3 is 5.32 Å². The molecule has 1 heterocycles. The second kappa shape index (κ2) is 4.42. The van der Waals surface area contributed by atoms with Gasteiger partial charge in [0.15, 0.2) is 0 Å². The highest BCUT2D eigenvalue weighted by atomic mass is 16.1. The largest absolute Gasteiger partial charge is 0.350 e. The summed E-state index contributed by atoms with van der Waals surface area (Å²) in [5.74, 6) is 5.55. The van der Waals surface area contributed by atoms with E-state index in [2.05, 4.69) is 5.32 Å². The van der Waals surface area contributed by atoms with Gasteiger partial charge in [0.1, 0.15) is 0 Å². The lowest BCUT2D eigenvalue weighted by molar-refractivity contribution is -0.122. The van der Waals surface area contributed by atoms with Crippen molar-refractivity contribution in [1.82, 2.24) is 10.3 Å². The molecule has 0 aromatic heterocycles. The molecule has 4 heteroatoms. The summed E-state index contributed by atoms with van der Waals surface area (Å²) in [6.45, 7) is 1.50. The van der Waals surface area contributed by atoms with Gasteiger partial charge in [0.05, 0.1) is 12.5 Å². The number of hydrogen-bond donors (Lipinski definition) is 2. The van der Waals surface area contributed by atoms with Crippen LogP contribution in [0, 0.1) is 0 Å². The number of amides is 1. The molecule has 1 aromatic rings. The summed E-state index contributed by atoms with van der Waals surface area (Å²) < 4.78 is 0. The van der Waals surface area contributed by atoms with Crippen LogP contribution in [0.15, 0.2) is 30.3 Å². The summed E-state index contributed by atoms with van der Waals surface area (Å²) in [5, 5.41) is 4.62. The van der Waals surface area contributed by atoms with E-state index in [0.29, 0.717) is 6.42 Å². The number of carbonyl (C=O) groups is 1. The third kappa shape index (κ3) is 2.78. The molecule has 1 aromatic carbocycles. The first-order valence-corrected chi connectivity index (χ1v) is 5.07. The van der Waals surface area contributed by atoms with Crippen LogP contribution in [0.1, 0.15) is 5.56 Å². The highest BCUT2D eigenvalue weighted by Crippen LogP contribution is 2.03. The van der Waals surface area contributed by atoms with Crippen LogP contribution in [0.5, 0.6) is 0 Å². The first-order chi connectivity index (χ1) is 7.24. The summed E-state index contributed by atoms with van der Waals surface area (Å²) in [6, 6.07) is 9.96. The summed E-state index contributed by atoms with van der Waals surface area (Å²) in [5.41, 5.74) is 1.04. The lowest BCUT2D eigenvalue weighted by Gasteiger charge is -2.35. The number of nitrogens with one attached hydrogen (secondary N) is 1. The average Bonchev–Trinajstić information content (AvgIpc) is 2.17. The molecule has 2 rings (SSSR count). The van der Waals surface area contributed by atoms with E-state index in [0.717, 1.165) is 18.7 Å². The minimum atomic E-state index is 0.0688. The Bertz CT molecular complexity index is 333. The van der Waals surface area contributed by atoms with Crippen LogP contribution in [-0.4, -0.2) is 30.0 Å². The van der Waals surface area contributed by atoms with Gasteiger partial charge in [-0.2, -0.15) is 0 Å². The molecule has 0 bridgehead atoms. The highest BCUT2D eigenvalue weighted by molar-refractivity contribution is 5.79. The lowest BCUT2D eigenvalue weighted by atomic mass is 10.1. The van der Waals surface area contributed by atoms with Crippen LogP contribution in [0.4, 0.5) is 0 Å². The van der Waals surface area contributed by atoms with Crippen molar-refractivity contribution < 1.29 is 4.79 Å². The molecule has 0 spiro atoms. The van der Waals surface area contributed by atoms with Gasteiger partial charge in [-0.15, -0.1) is 0 Å². The van der Waals surface area contributed by atoms with Crippen LogP contribution >= 0.6 is 0 Å². The maximum atomic E-state index is 11.6. The molecule has 3 N–H and O–H groups in total. The van der Waals surface area contributed by atoms with E-state index in [4.69, 9.17) is 5.84 Å². The standard InChI is InChI=1S/C11H15N3O/c12-14-7-10(8-14)13-11(15)6-9-4-2-1-3-5-9/h1-5,10H,6-8,12H2,(H,13,15). The fraction of sp³-hybridized carbons (Fsp3) is 0.364. The van der Waals surface area contributed by atoms with Crippen LogP contribution in [0.2, 0.25) is 0 Å². The van der Waals surface area contributed by atoms with E-state index in [1.54, 1.807) is 5.01 Å². The maximum Gasteiger partial charge on any atom is 0.224 e. The minimum Gasteiger partial charge on any atom is -0.350 e. The van der Waals surface area contributed by atoms with Crippen LogP contribution in [0.25, 0.3) is 0 Å². The Kier molecular flexibility index (Phi) is 2.99. The molecule has 1 aliphatic rings. The van der Waals surface area contributed by atoms with E-state index >= 15 is 0 Å². The first-order valence-electron chi connectivity index (χ1n) is 5.07. The highest BCUT2D eigenvalue weighted by Gasteiger charge is 2.24. The maximum absolute atomic E-state index is 11.6. The molecule has 0 radical (unpaired) electrons. The number of benzene rings is 1. The Morgan fingerprint density at radius 1 is 1.40 bits per heavy atom. The van der Waals surface area contributed by atoms with Gasteiger partial charge in [0.25, 0.3) is 0 Å². The second-order valence-corrected chi connectivity index (χ2v) is 3.88. The third-order valence-electron chi connectivity index (χ3n) is 2.48. The smallest absolute Gasteiger partial charge is 0.224 e. The number of nitrogens with two attached hydrogens (primary N) is 1. The Morgan fingerprint density at radius 2 is 2.07 bits per heavy atom. The molecule has 0 saturated carbocycles. The van der Waals surface area contributed by atoms with Crippen molar-refractivity contribution in [2.75, 3.05) is 13.1 Å². The van der Waals surface area contributed by atoms with Crippen molar-refractivity contribution in [2.24, 2.45) is 5.84 Å². The average molecular weight is 205 g/mol. The van der Waals surface area contributed by atoms with Gasteiger partial charge in [-0.05, 0) is 5.56 Å². The molecule has 0 unspecified atom stereocenters. The molecule has 1 saturated heterocycles. The van der Waals surface area contributed by atoms with E-state index in [1.807, 2.05) is 30.3 Å². The molecular weight excluding hydrogens is 190 g/mol. The van der Waals surface area contributed by atoms with Crippen LogP contribution < -0.4 is 11.2 Å². The Hall–Kier alpha value is -1.39. The molecular formula is C11H15N3O. The summed E-state index contributed by atoms with van der Waals surface area (Å²) in [6.07, 6.45) is 0.446. The SMILES string of the molecule is NN1CC(NC(=O)Cc2ccccc2)C1. The van der Waals surface area contributed by atoms with Gasteiger partial charge >= 0.3 is 0 Å². The van der Waals surface area contributed by atoms with Crippen molar-refractivity contribution in [1.29, 1.82) is 0 Å². The van der Waals surface area contributed by atoms with E-state index < -0.39 is 0 Å². The molecule has 0 aliphatic carbocycles. The predicted molar refractivity (Wildman–Crippen MR) is 57.8 cm³/mol. The van der Waals surface area contributed by atoms with E-state index in [-0.39, 0.29) is 11.9 Å². The normalized spacial score (nSPS) is 17.1. The zero-order valence-electron chi connectivity index (χ0n) is 8.52. The van der Waals surface area contributed by atoms with Crippen molar-refractivity contribution >= 4 is 5.91 Å². The molecule has 80 valence electrons. The van der Waals surface area contributed by atoms with Crippen molar-refractivity contribution in [2.45, 2.75) is 12.5 Å². The fourth-order valence-corrected chi connectivity index (χ4v) is 1.66. The second-order valence-electron chi connectivity index (χ2n) is 3.88. The van der Waals surface area contributed by atoms with Gasteiger partial charge in [0.2, 0.25) is 5.91 Å². The van der Waals surface area contributed by atoms with Gasteiger partial charge in [-0.3, -0.25) is 10.6 Å². The topological polar surface area (TPSA) is 58.4 Å². The fourth-order valence-electron chi connectivity index (χ4n) is 1.66. The summed E-state index contributed by atoms with van der Waals surface area (Å²) in [7, 11) is 0. The lowest BCUT2D eigenvalue weighted by Crippen LogP contribution is -2.61. The zero-order chi connectivity index (χ0) is 10.7. The molecule has 15 heavy (non-hydrogen) atoms.